The Morgan fingerprint density at radius 1 is 1.38 bits per heavy atom. The van der Waals surface area contributed by atoms with Crippen molar-refractivity contribution in [3.8, 4) is 11.5 Å². The van der Waals surface area contributed by atoms with Gasteiger partial charge in [0, 0.05) is 9.35 Å². The van der Waals surface area contributed by atoms with Gasteiger partial charge in [-0.3, -0.25) is 9.36 Å². The number of ether oxygens (including phenoxy) is 3. The lowest BCUT2D eigenvalue weighted by molar-refractivity contribution is -0.139. The number of thiophene rings is 1. The molecule has 1 atom stereocenters. The van der Waals surface area contributed by atoms with Crippen LogP contribution in [0.2, 0.25) is 0 Å². The highest BCUT2D eigenvalue weighted by molar-refractivity contribution is 9.10. The number of thiazole rings is 1. The van der Waals surface area contributed by atoms with Gasteiger partial charge in [-0.25, -0.2) is 9.79 Å². The van der Waals surface area contributed by atoms with E-state index in [1.807, 2.05) is 29.6 Å². The van der Waals surface area contributed by atoms with E-state index in [9.17, 15) is 9.59 Å². The van der Waals surface area contributed by atoms with Crippen molar-refractivity contribution < 1.29 is 19.0 Å². The van der Waals surface area contributed by atoms with Crippen molar-refractivity contribution in [3.05, 3.63) is 75.5 Å². The minimum atomic E-state index is -0.576. The highest BCUT2D eigenvalue weighted by atomic mass is 79.9. The molecule has 3 aromatic rings. The molecule has 1 aromatic carbocycles. The molecule has 0 saturated carbocycles. The van der Waals surface area contributed by atoms with Gasteiger partial charge in [-0.1, -0.05) is 33.3 Å². The third kappa shape index (κ3) is 3.52. The fourth-order valence-electron chi connectivity index (χ4n) is 3.69. The molecule has 10 heteroatoms. The van der Waals surface area contributed by atoms with Gasteiger partial charge >= 0.3 is 5.97 Å². The summed E-state index contributed by atoms with van der Waals surface area (Å²) in [7, 11) is 0. The molecule has 0 N–H and O–H groups in total. The lowest BCUT2D eigenvalue weighted by Crippen LogP contribution is -2.39. The number of halogens is 1. The minimum absolute atomic E-state index is 0.171. The Bertz CT molecular complexity index is 1440. The Balaban J connectivity index is 1.70. The number of hydrogen-bond donors (Lipinski definition) is 0. The van der Waals surface area contributed by atoms with E-state index in [1.165, 1.54) is 22.7 Å². The van der Waals surface area contributed by atoms with Crippen LogP contribution in [0.4, 0.5) is 0 Å². The molecule has 2 aromatic heterocycles. The molecule has 164 valence electrons. The highest BCUT2D eigenvalue weighted by Crippen LogP contribution is 2.37. The summed E-state index contributed by atoms with van der Waals surface area (Å²) in [5, 5.41) is 1.92. The Kier molecular flexibility index (Phi) is 5.52. The first-order valence-corrected chi connectivity index (χ1v) is 12.3. The molecule has 0 unspecified atom stereocenters. The van der Waals surface area contributed by atoms with Crippen LogP contribution >= 0.6 is 38.6 Å². The van der Waals surface area contributed by atoms with Gasteiger partial charge in [0.1, 0.15) is 6.04 Å². The zero-order valence-corrected chi connectivity index (χ0v) is 20.3. The minimum Gasteiger partial charge on any atom is -0.463 e. The zero-order valence-electron chi connectivity index (χ0n) is 17.1. The van der Waals surface area contributed by atoms with Crippen LogP contribution in [0.25, 0.3) is 6.08 Å². The first kappa shape index (κ1) is 21.2. The summed E-state index contributed by atoms with van der Waals surface area (Å²) in [6, 6.07) is 6.89. The molecular weight excluding hydrogens is 516 g/mol. The second kappa shape index (κ2) is 8.34. The summed E-state index contributed by atoms with van der Waals surface area (Å²) >= 11 is 6.31. The SMILES string of the molecule is CCOC(=O)C1=C(C)N=c2s/c(=C/c3cc4c(cc3Br)OCO4)c(=O)n2[C@@H]1c1cccs1. The normalized spacial score (nSPS) is 17.3. The number of rotatable bonds is 4. The van der Waals surface area contributed by atoms with Crippen molar-refractivity contribution in [1.82, 2.24) is 4.57 Å². The van der Waals surface area contributed by atoms with E-state index >= 15 is 0 Å². The average molecular weight is 533 g/mol. The molecule has 7 nitrogen and oxygen atoms in total. The van der Waals surface area contributed by atoms with Gasteiger partial charge in [-0.05, 0) is 49.1 Å². The van der Waals surface area contributed by atoms with Gasteiger partial charge < -0.3 is 14.2 Å². The molecule has 32 heavy (non-hydrogen) atoms. The summed E-state index contributed by atoms with van der Waals surface area (Å²) in [5.74, 6) is 0.826. The summed E-state index contributed by atoms with van der Waals surface area (Å²) in [6.45, 7) is 3.95. The predicted octanol–water partition coefficient (Wildman–Crippen LogP) is 3.35. The fraction of sp³-hybridized carbons (Fsp3) is 0.227. The monoisotopic (exact) mass is 532 g/mol. The quantitative estimate of drug-likeness (QED) is 0.481. The summed E-state index contributed by atoms with van der Waals surface area (Å²) in [4.78, 5) is 32.3. The molecule has 0 bridgehead atoms. The Labute approximate surface area is 199 Å². The highest BCUT2D eigenvalue weighted by Gasteiger charge is 2.33. The number of hydrogen-bond acceptors (Lipinski definition) is 8. The Morgan fingerprint density at radius 3 is 2.88 bits per heavy atom. The van der Waals surface area contributed by atoms with Crippen LogP contribution in [0.1, 0.15) is 30.3 Å². The van der Waals surface area contributed by atoms with Gasteiger partial charge in [0.05, 0.1) is 22.4 Å². The van der Waals surface area contributed by atoms with Gasteiger partial charge in [-0.2, -0.15) is 0 Å². The third-order valence-corrected chi connectivity index (χ3v) is 7.70. The number of carbonyl (C=O) groups excluding carboxylic acids is 1. The van der Waals surface area contributed by atoms with E-state index in [4.69, 9.17) is 14.2 Å². The maximum absolute atomic E-state index is 13.5. The summed E-state index contributed by atoms with van der Waals surface area (Å²) < 4.78 is 19.0. The van der Waals surface area contributed by atoms with E-state index in [1.54, 1.807) is 24.5 Å². The van der Waals surface area contributed by atoms with E-state index in [0.717, 1.165) is 14.9 Å². The predicted molar refractivity (Wildman–Crippen MR) is 125 cm³/mol. The molecule has 0 fully saturated rings. The summed E-state index contributed by atoms with van der Waals surface area (Å²) in [6.07, 6.45) is 1.80. The fourth-order valence-corrected chi connectivity index (χ4v) is 5.99. The Morgan fingerprint density at radius 2 is 2.16 bits per heavy atom. The van der Waals surface area contributed by atoms with Crippen LogP contribution in [0.15, 0.2) is 55.2 Å². The number of esters is 1. The van der Waals surface area contributed by atoms with E-state index in [2.05, 4.69) is 20.9 Å². The standard InChI is InChI=1S/C22H17BrN2O5S2/c1-3-28-21(27)18-11(2)24-22-25(19(18)16-5-4-6-31-16)20(26)17(32-22)8-12-7-14-15(9-13(12)23)30-10-29-14/h4-9,19H,3,10H2,1-2H3/b17-8+/t19-/m1/s1. The third-order valence-electron chi connectivity index (χ3n) is 5.11. The van der Waals surface area contributed by atoms with Gasteiger partial charge in [0.15, 0.2) is 16.3 Å². The second-order valence-electron chi connectivity index (χ2n) is 7.04. The Hall–Kier alpha value is -2.69. The van der Waals surface area contributed by atoms with Crippen molar-refractivity contribution in [2.75, 3.05) is 13.4 Å². The lowest BCUT2D eigenvalue weighted by atomic mass is 10.0. The van der Waals surface area contributed by atoms with Crippen molar-refractivity contribution in [1.29, 1.82) is 0 Å². The smallest absolute Gasteiger partial charge is 0.338 e. The first-order chi connectivity index (χ1) is 15.5. The van der Waals surface area contributed by atoms with Crippen molar-refractivity contribution >= 4 is 50.6 Å². The van der Waals surface area contributed by atoms with Crippen LogP contribution in [0, 0.1) is 0 Å². The van der Waals surface area contributed by atoms with Crippen LogP contribution in [0.3, 0.4) is 0 Å². The average Bonchev–Trinajstić information content (AvgIpc) is 3.49. The van der Waals surface area contributed by atoms with E-state index in [0.29, 0.717) is 32.1 Å². The molecule has 0 amide bonds. The van der Waals surface area contributed by atoms with Crippen LogP contribution in [0.5, 0.6) is 11.5 Å². The van der Waals surface area contributed by atoms with Gasteiger partial charge in [0.25, 0.3) is 5.56 Å². The first-order valence-electron chi connectivity index (χ1n) is 9.80. The number of nitrogens with zero attached hydrogens (tertiary/aromatic N) is 2. The lowest BCUT2D eigenvalue weighted by Gasteiger charge is -2.23. The maximum Gasteiger partial charge on any atom is 0.338 e. The number of benzene rings is 1. The topological polar surface area (TPSA) is 79.1 Å². The number of fused-ring (bicyclic) bond motifs is 2. The van der Waals surface area contributed by atoms with Gasteiger partial charge in [-0.15, -0.1) is 11.3 Å². The maximum atomic E-state index is 13.5. The largest absolute Gasteiger partial charge is 0.463 e. The second-order valence-corrected chi connectivity index (χ2v) is 9.89. The molecule has 4 heterocycles. The molecule has 0 aliphatic carbocycles. The number of aromatic nitrogens is 1. The van der Waals surface area contributed by atoms with Gasteiger partial charge in [0.2, 0.25) is 6.79 Å². The van der Waals surface area contributed by atoms with Crippen molar-refractivity contribution in [2.24, 2.45) is 4.99 Å². The van der Waals surface area contributed by atoms with Crippen LogP contribution < -0.4 is 24.4 Å². The molecular formula is C22H17BrN2O5S2. The van der Waals surface area contributed by atoms with Crippen molar-refractivity contribution in [3.63, 3.8) is 0 Å². The van der Waals surface area contributed by atoms with Crippen LogP contribution in [-0.4, -0.2) is 23.9 Å². The number of allylic oxidation sites excluding steroid dienone is 1. The van der Waals surface area contributed by atoms with E-state index < -0.39 is 12.0 Å². The molecule has 5 rings (SSSR count). The van der Waals surface area contributed by atoms with Crippen LogP contribution in [-0.2, 0) is 9.53 Å². The number of carbonyl (C=O) groups is 1. The molecule has 2 aliphatic rings. The summed E-state index contributed by atoms with van der Waals surface area (Å²) in [5.41, 5.74) is 1.51. The molecule has 0 saturated heterocycles. The zero-order chi connectivity index (χ0) is 22.4. The molecule has 0 radical (unpaired) electrons. The van der Waals surface area contributed by atoms with Crippen molar-refractivity contribution in [2.45, 2.75) is 19.9 Å². The van der Waals surface area contributed by atoms with E-state index in [-0.39, 0.29) is 19.0 Å². The molecule has 0 spiro atoms. The molecule has 2 aliphatic heterocycles.